The zero-order valence-corrected chi connectivity index (χ0v) is 12.1. The van der Waals surface area contributed by atoms with Gasteiger partial charge in [-0.25, -0.2) is 4.39 Å². The minimum Gasteiger partial charge on any atom is -0.349 e. The molecule has 1 N–H and O–H groups in total. The van der Waals surface area contributed by atoms with Gasteiger partial charge < -0.3 is 5.32 Å². The maximum atomic E-state index is 13.7. The third-order valence-corrected chi connectivity index (χ3v) is 3.97. The van der Waals surface area contributed by atoms with Crippen LogP contribution in [0.15, 0.2) is 36.4 Å². The fourth-order valence-corrected chi connectivity index (χ4v) is 2.24. The fraction of sp³-hybridized carbons (Fsp3) is 0.353. The Morgan fingerprint density at radius 2 is 1.80 bits per heavy atom. The van der Waals surface area contributed by atoms with Gasteiger partial charge in [-0.05, 0) is 30.4 Å². The second-order valence-corrected chi connectivity index (χ2v) is 5.29. The predicted molar refractivity (Wildman–Crippen MR) is 80.3 cm³/mol. The van der Waals surface area contributed by atoms with Crippen molar-refractivity contribution < 1.29 is 9.18 Å². The molecule has 0 bridgehead atoms. The summed E-state index contributed by atoms with van der Waals surface area (Å²) in [5, 5.41) is 4.13. The van der Waals surface area contributed by atoms with E-state index in [1.165, 1.54) is 6.07 Å². The van der Waals surface area contributed by atoms with Crippen molar-refractivity contribution in [2.45, 2.75) is 33.2 Å². The lowest BCUT2D eigenvalue weighted by Crippen LogP contribution is -2.37. The Morgan fingerprint density at radius 3 is 2.45 bits per heavy atom. The van der Waals surface area contributed by atoms with Crippen LogP contribution < -0.4 is 5.32 Å². The summed E-state index contributed by atoms with van der Waals surface area (Å²) in [5.74, 6) is -0.0354. The third-order valence-electron chi connectivity index (χ3n) is 3.97. The highest BCUT2D eigenvalue weighted by Crippen LogP contribution is 2.22. The first-order chi connectivity index (χ1) is 9.54. The Morgan fingerprint density at radius 1 is 1.15 bits per heavy atom. The van der Waals surface area contributed by atoms with Crippen molar-refractivity contribution in [3.05, 3.63) is 47.8 Å². The molecule has 0 aliphatic rings. The molecule has 0 aliphatic heterocycles. The standard InChI is InChI=1S/C17H20FNO/c1-4-11(2)12(3)19-17(20)15-9-10-16(18)14-8-6-5-7-13(14)15/h5-12H,4H2,1-3H3,(H,19,20). The van der Waals surface area contributed by atoms with Crippen LogP contribution in [0.2, 0.25) is 0 Å². The van der Waals surface area contributed by atoms with Crippen LogP contribution in [-0.2, 0) is 0 Å². The zero-order chi connectivity index (χ0) is 14.7. The van der Waals surface area contributed by atoms with Crippen molar-refractivity contribution in [2.24, 2.45) is 5.92 Å². The van der Waals surface area contributed by atoms with E-state index in [2.05, 4.69) is 19.2 Å². The number of rotatable bonds is 4. The summed E-state index contributed by atoms with van der Waals surface area (Å²) in [7, 11) is 0. The second-order valence-electron chi connectivity index (χ2n) is 5.29. The van der Waals surface area contributed by atoms with E-state index in [1.807, 2.05) is 13.0 Å². The van der Waals surface area contributed by atoms with Gasteiger partial charge in [0.2, 0.25) is 0 Å². The number of carbonyl (C=O) groups excluding carboxylic acids is 1. The molecule has 3 heteroatoms. The molecule has 20 heavy (non-hydrogen) atoms. The summed E-state index contributed by atoms with van der Waals surface area (Å²) in [5.41, 5.74) is 0.525. The summed E-state index contributed by atoms with van der Waals surface area (Å²) in [4.78, 5) is 12.4. The highest BCUT2D eigenvalue weighted by atomic mass is 19.1. The Balaban J connectivity index is 2.34. The number of amides is 1. The van der Waals surface area contributed by atoms with E-state index in [4.69, 9.17) is 0 Å². The summed E-state index contributed by atoms with van der Waals surface area (Å²) >= 11 is 0. The second kappa shape index (κ2) is 6.04. The molecular weight excluding hydrogens is 253 g/mol. The number of hydrogen-bond acceptors (Lipinski definition) is 1. The zero-order valence-electron chi connectivity index (χ0n) is 12.1. The van der Waals surface area contributed by atoms with Crippen LogP contribution in [-0.4, -0.2) is 11.9 Å². The van der Waals surface area contributed by atoms with Crippen molar-refractivity contribution in [3.63, 3.8) is 0 Å². The molecule has 1 amide bonds. The number of nitrogens with one attached hydrogen (secondary N) is 1. The molecule has 2 nitrogen and oxygen atoms in total. The van der Waals surface area contributed by atoms with Crippen molar-refractivity contribution in [3.8, 4) is 0 Å². The van der Waals surface area contributed by atoms with E-state index < -0.39 is 0 Å². The lowest BCUT2D eigenvalue weighted by molar-refractivity contribution is 0.0930. The molecule has 0 aliphatic carbocycles. The highest BCUT2D eigenvalue weighted by molar-refractivity contribution is 6.07. The molecule has 106 valence electrons. The quantitative estimate of drug-likeness (QED) is 0.891. The van der Waals surface area contributed by atoms with E-state index in [-0.39, 0.29) is 17.8 Å². The fourth-order valence-electron chi connectivity index (χ4n) is 2.24. The summed E-state index contributed by atoms with van der Waals surface area (Å²) in [6.07, 6.45) is 1.01. The molecule has 0 heterocycles. The van der Waals surface area contributed by atoms with Gasteiger partial charge in [-0.3, -0.25) is 4.79 Å². The number of hydrogen-bond donors (Lipinski definition) is 1. The van der Waals surface area contributed by atoms with Gasteiger partial charge in [-0.1, -0.05) is 44.5 Å². The minimum atomic E-state index is -0.299. The normalized spacial score (nSPS) is 14.0. The van der Waals surface area contributed by atoms with Crippen molar-refractivity contribution >= 4 is 16.7 Å². The predicted octanol–water partition coefficient (Wildman–Crippen LogP) is 4.14. The molecule has 2 aromatic carbocycles. The molecule has 2 atom stereocenters. The van der Waals surface area contributed by atoms with Crippen molar-refractivity contribution in [2.75, 3.05) is 0 Å². The molecule has 0 saturated heterocycles. The van der Waals surface area contributed by atoms with Crippen molar-refractivity contribution in [1.82, 2.24) is 5.32 Å². The van der Waals surface area contributed by atoms with Gasteiger partial charge in [0.25, 0.3) is 5.91 Å². The van der Waals surface area contributed by atoms with Gasteiger partial charge in [0.05, 0.1) is 0 Å². The first-order valence-electron chi connectivity index (χ1n) is 7.02. The smallest absolute Gasteiger partial charge is 0.252 e. The Hall–Kier alpha value is -1.90. The van der Waals surface area contributed by atoms with Gasteiger partial charge in [-0.2, -0.15) is 0 Å². The number of benzene rings is 2. The van der Waals surface area contributed by atoms with E-state index in [9.17, 15) is 9.18 Å². The minimum absolute atomic E-state index is 0.0938. The van der Waals surface area contributed by atoms with E-state index in [1.54, 1.807) is 24.3 Å². The lowest BCUT2D eigenvalue weighted by Gasteiger charge is -2.20. The van der Waals surface area contributed by atoms with Crippen LogP contribution in [0.4, 0.5) is 4.39 Å². The number of fused-ring (bicyclic) bond motifs is 1. The van der Waals surface area contributed by atoms with Crippen LogP contribution in [0, 0.1) is 11.7 Å². The molecular formula is C17H20FNO. The molecule has 0 aromatic heterocycles. The van der Waals surface area contributed by atoms with Gasteiger partial charge in [0.1, 0.15) is 5.82 Å². The molecule has 2 aromatic rings. The van der Waals surface area contributed by atoms with Gasteiger partial charge >= 0.3 is 0 Å². The molecule has 2 unspecified atom stereocenters. The van der Waals surface area contributed by atoms with Crippen LogP contribution in [0.3, 0.4) is 0 Å². The van der Waals surface area contributed by atoms with Crippen molar-refractivity contribution in [1.29, 1.82) is 0 Å². The van der Waals surface area contributed by atoms with E-state index >= 15 is 0 Å². The first-order valence-corrected chi connectivity index (χ1v) is 7.02. The lowest BCUT2D eigenvalue weighted by atomic mass is 9.99. The Labute approximate surface area is 119 Å². The van der Waals surface area contributed by atoms with E-state index in [0.717, 1.165) is 6.42 Å². The SMILES string of the molecule is CCC(C)C(C)NC(=O)c1ccc(F)c2ccccc12. The molecule has 0 radical (unpaired) electrons. The first kappa shape index (κ1) is 14.5. The largest absolute Gasteiger partial charge is 0.349 e. The highest BCUT2D eigenvalue weighted by Gasteiger charge is 2.17. The van der Waals surface area contributed by atoms with Crippen LogP contribution in [0.1, 0.15) is 37.6 Å². The Kier molecular flexibility index (Phi) is 4.38. The van der Waals surface area contributed by atoms with Crippen LogP contribution >= 0.6 is 0 Å². The number of carbonyl (C=O) groups is 1. The third kappa shape index (κ3) is 2.82. The molecule has 0 saturated carbocycles. The molecule has 2 rings (SSSR count). The van der Waals surface area contributed by atoms with Crippen LogP contribution in [0.25, 0.3) is 10.8 Å². The summed E-state index contributed by atoms with van der Waals surface area (Å²) in [6, 6.07) is 10.1. The average Bonchev–Trinajstić information content (AvgIpc) is 2.46. The van der Waals surface area contributed by atoms with Gasteiger partial charge in [0, 0.05) is 17.0 Å². The molecule has 0 fully saturated rings. The van der Waals surface area contributed by atoms with Crippen LogP contribution in [0.5, 0.6) is 0 Å². The monoisotopic (exact) mass is 273 g/mol. The summed E-state index contributed by atoms with van der Waals surface area (Å²) < 4.78 is 13.7. The average molecular weight is 273 g/mol. The maximum absolute atomic E-state index is 13.7. The summed E-state index contributed by atoms with van der Waals surface area (Å²) in [6.45, 7) is 6.20. The Bertz CT molecular complexity index is 623. The number of halogens is 1. The van der Waals surface area contributed by atoms with Gasteiger partial charge in [0.15, 0.2) is 0 Å². The van der Waals surface area contributed by atoms with Gasteiger partial charge in [-0.15, -0.1) is 0 Å². The topological polar surface area (TPSA) is 29.1 Å². The van der Waals surface area contributed by atoms with E-state index in [0.29, 0.717) is 22.3 Å². The molecule has 0 spiro atoms. The maximum Gasteiger partial charge on any atom is 0.252 e.